The Bertz CT molecular complexity index is 429. The molecular weight excluding hydrogens is 228 g/mol. The molecule has 18 heavy (non-hydrogen) atoms. The molecule has 4 nitrogen and oxygen atoms in total. The van der Waals surface area contributed by atoms with Crippen molar-refractivity contribution >= 4 is 17.5 Å². The Kier molecular flexibility index (Phi) is 5.11. The Labute approximate surface area is 107 Å². The van der Waals surface area contributed by atoms with Crippen LogP contribution >= 0.6 is 0 Å². The van der Waals surface area contributed by atoms with E-state index in [1.165, 1.54) is 11.8 Å². The molecule has 1 rings (SSSR count). The van der Waals surface area contributed by atoms with Crippen LogP contribution in [0.4, 0.5) is 5.69 Å². The van der Waals surface area contributed by atoms with Gasteiger partial charge in [-0.25, -0.2) is 0 Å². The summed E-state index contributed by atoms with van der Waals surface area (Å²) in [6, 6.07) is 8.63. The lowest BCUT2D eigenvalue weighted by atomic mass is 10.2. The predicted molar refractivity (Wildman–Crippen MR) is 72.1 cm³/mol. The first-order valence-corrected chi connectivity index (χ1v) is 5.80. The number of benzene rings is 1. The van der Waals surface area contributed by atoms with Crippen molar-refractivity contribution in [2.45, 2.75) is 19.9 Å². The molecular formula is C14H18N2O2. The van der Waals surface area contributed by atoms with Gasteiger partial charge in [-0.1, -0.05) is 24.3 Å². The van der Waals surface area contributed by atoms with Gasteiger partial charge in [0.2, 0.25) is 11.8 Å². The minimum atomic E-state index is -0.527. The molecule has 0 saturated heterocycles. The molecule has 0 fully saturated rings. The molecule has 1 atom stereocenters. The van der Waals surface area contributed by atoms with Crippen LogP contribution in [0.1, 0.15) is 13.8 Å². The minimum absolute atomic E-state index is 0.148. The number of rotatable bonds is 5. The lowest BCUT2D eigenvalue weighted by Gasteiger charge is -2.26. The van der Waals surface area contributed by atoms with Crippen LogP contribution in [0.2, 0.25) is 0 Å². The van der Waals surface area contributed by atoms with Crippen molar-refractivity contribution in [1.82, 2.24) is 4.90 Å². The van der Waals surface area contributed by atoms with E-state index in [1.54, 1.807) is 25.1 Å². The predicted octanol–water partition coefficient (Wildman–Crippen LogP) is 2.05. The molecule has 0 aliphatic carbocycles. The average molecular weight is 246 g/mol. The summed E-state index contributed by atoms with van der Waals surface area (Å²) in [5.41, 5.74) is 0.719. The van der Waals surface area contributed by atoms with Gasteiger partial charge in [0, 0.05) is 19.2 Å². The lowest BCUT2D eigenvalue weighted by Crippen LogP contribution is -2.44. The van der Waals surface area contributed by atoms with Crippen LogP contribution in [0.3, 0.4) is 0 Å². The van der Waals surface area contributed by atoms with Gasteiger partial charge in [-0.2, -0.15) is 0 Å². The highest BCUT2D eigenvalue weighted by molar-refractivity contribution is 5.96. The zero-order valence-electron chi connectivity index (χ0n) is 10.7. The van der Waals surface area contributed by atoms with E-state index in [4.69, 9.17) is 0 Å². The van der Waals surface area contributed by atoms with Crippen LogP contribution < -0.4 is 5.32 Å². The number of hydrogen-bond donors (Lipinski definition) is 1. The van der Waals surface area contributed by atoms with E-state index >= 15 is 0 Å². The first-order chi connectivity index (χ1) is 8.56. The zero-order chi connectivity index (χ0) is 13.5. The fraction of sp³-hybridized carbons (Fsp3) is 0.286. The van der Waals surface area contributed by atoms with Crippen molar-refractivity contribution in [3.8, 4) is 0 Å². The molecule has 0 aromatic heterocycles. The fourth-order valence-corrected chi connectivity index (χ4v) is 1.61. The van der Waals surface area contributed by atoms with Crippen LogP contribution in [0.25, 0.3) is 0 Å². The molecule has 0 bridgehead atoms. The molecule has 2 amide bonds. The summed E-state index contributed by atoms with van der Waals surface area (Å²) in [4.78, 5) is 24.9. The SMILES string of the molecule is C=CCN(C(C)=O)C(C)C(=O)Nc1ccccc1. The van der Waals surface area contributed by atoms with E-state index in [0.717, 1.165) is 5.69 Å². The Hall–Kier alpha value is -2.10. The van der Waals surface area contributed by atoms with Crippen molar-refractivity contribution in [2.75, 3.05) is 11.9 Å². The Morgan fingerprint density at radius 1 is 1.39 bits per heavy atom. The zero-order valence-corrected chi connectivity index (χ0v) is 10.7. The molecule has 0 heterocycles. The molecule has 1 unspecified atom stereocenters. The van der Waals surface area contributed by atoms with E-state index in [-0.39, 0.29) is 11.8 Å². The van der Waals surface area contributed by atoms with Gasteiger partial charge in [0.25, 0.3) is 0 Å². The maximum Gasteiger partial charge on any atom is 0.246 e. The Morgan fingerprint density at radius 2 is 2.00 bits per heavy atom. The average Bonchev–Trinajstić information content (AvgIpc) is 2.36. The number of hydrogen-bond acceptors (Lipinski definition) is 2. The molecule has 0 aliphatic rings. The Balaban J connectivity index is 2.70. The summed E-state index contributed by atoms with van der Waals surface area (Å²) in [5.74, 6) is -0.358. The van der Waals surface area contributed by atoms with Gasteiger partial charge in [0.15, 0.2) is 0 Å². The lowest BCUT2D eigenvalue weighted by molar-refractivity contribution is -0.135. The van der Waals surface area contributed by atoms with E-state index in [2.05, 4.69) is 11.9 Å². The first kappa shape index (κ1) is 14.0. The van der Waals surface area contributed by atoms with Gasteiger partial charge < -0.3 is 10.2 Å². The summed E-state index contributed by atoms with van der Waals surface area (Å²) in [7, 11) is 0. The normalized spacial score (nSPS) is 11.4. The number of carbonyl (C=O) groups is 2. The van der Waals surface area contributed by atoms with E-state index in [9.17, 15) is 9.59 Å². The standard InChI is InChI=1S/C14H18N2O2/c1-4-10-16(12(3)17)11(2)14(18)15-13-8-6-5-7-9-13/h4-9,11H,1,10H2,2-3H3,(H,15,18). The third-order valence-corrected chi connectivity index (χ3v) is 2.62. The van der Waals surface area contributed by atoms with Crippen molar-refractivity contribution in [3.63, 3.8) is 0 Å². The number of carbonyl (C=O) groups excluding carboxylic acids is 2. The highest BCUT2D eigenvalue weighted by Gasteiger charge is 2.22. The summed E-state index contributed by atoms with van der Waals surface area (Å²) < 4.78 is 0. The van der Waals surface area contributed by atoms with Gasteiger partial charge >= 0.3 is 0 Å². The number of anilines is 1. The van der Waals surface area contributed by atoms with Crippen LogP contribution in [0.5, 0.6) is 0 Å². The van der Waals surface area contributed by atoms with Gasteiger partial charge in [0.05, 0.1) is 0 Å². The summed E-state index contributed by atoms with van der Waals surface area (Å²) in [6.45, 7) is 7.08. The number of nitrogens with one attached hydrogen (secondary N) is 1. The highest BCUT2D eigenvalue weighted by atomic mass is 16.2. The van der Waals surface area contributed by atoms with E-state index in [0.29, 0.717) is 6.54 Å². The largest absolute Gasteiger partial charge is 0.327 e. The molecule has 0 aliphatic heterocycles. The van der Waals surface area contributed by atoms with Gasteiger partial charge in [-0.05, 0) is 19.1 Å². The van der Waals surface area contributed by atoms with Crippen molar-refractivity contribution in [2.24, 2.45) is 0 Å². The summed E-state index contributed by atoms with van der Waals surface area (Å²) >= 11 is 0. The van der Waals surface area contributed by atoms with E-state index < -0.39 is 6.04 Å². The minimum Gasteiger partial charge on any atom is -0.327 e. The third-order valence-electron chi connectivity index (χ3n) is 2.62. The maximum atomic E-state index is 12.0. The van der Waals surface area contributed by atoms with Gasteiger partial charge in [-0.15, -0.1) is 6.58 Å². The van der Waals surface area contributed by atoms with Gasteiger partial charge in [-0.3, -0.25) is 9.59 Å². The third kappa shape index (κ3) is 3.73. The van der Waals surface area contributed by atoms with Crippen LogP contribution in [0, 0.1) is 0 Å². The second kappa shape index (κ2) is 6.59. The molecule has 0 spiro atoms. The Morgan fingerprint density at radius 3 is 2.50 bits per heavy atom. The molecule has 1 aromatic carbocycles. The topological polar surface area (TPSA) is 49.4 Å². The maximum absolute atomic E-state index is 12.0. The fourth-order valence-electron chi connectivity index (χ4n) is 1.61. The van der Waals surface area contributed by atoms with Crippen LogP contribution in [-0.4, -0.2) is 29.3 Å². The summed E-state index contributed by atoms with van der Waals surface area (Å²) in [5, 5.41) is 2.77. The van der Waals surface area contributed by atoms with Gasteiger partial charge in [0.1, 0.15) is 6.04 Å². The molecule has 4 heteroatoms. The van der Waals surface area contributed by atoms with Crippen molar-refractivity contribution < 1.29 is 9.59 Å². The summed E-state index contributed by atoms with van der Waals surface area (Å²) in [6.07, 6.45) is 1.60. The monoisotopic (exact) mass is 246 g/mol. The van der Waals surface area contributed by atoms with Crippen molar-refractivity contribution in [3.05, 3.63) is 43.0 Å². The molecule has 1 N–H and O–H groups in total. The number of nitrogens with zero attached hydrogens (tertiary/aromatic N) is 1. The number of para-hydroxylation sites is 1. The second-order valence-electron chi connectivity index (χ2n) is 3.99. The van der Waals surface area contributed by atoms with Crippen LogP contribution in [0.15, 0.2) is 43.0 Å². The smallest absolute Gasteiger partial charge is 0.246 e. The molecule has 96 valence electrons. The van der Waals surface area contributed by atoms with E-state index in [1.807, 2.05) is 18.2 Å². The second-order valence-corrected chi connectivity index (χ2v) is 3.99. The number of amides is 2. The highest BCUT2D eigenvalue weighted by Crippen LogP contribution is 2.08. The van der Waals surface area contributed by atoms with Crippen LogP contribution in [-0.2, 0) is 9.59 Å². The molecule has 0 radical (unpaired) electrons. The first-order valence-electron chi connectivity index (χ1n) is 5.80. The molecule has 1 aromatic rings. The molecule has 0 saturated carbocycles. The quantitative estimate of drug-likeness (QED) is 0.808. The van der Waals surface area contributed by atoms with Crippen molar-refractivity contribution in [1.29, 1.82) is 0 Å².